The van der Waals surface area contributed by atoms with Crippen molar-refractivity contribution in [2.24, 2.45) is 11.3 Å². The van der Waals surface area contributed by atoms with Crippen LogP contribution < -0.4 is 16.4 Å². The summed E-state index contributed by atoms with van der Waals surface area (Å²) >= 11 is 0.608. The van der Waals surface area contributed by atoms with E-state index >= 15 is 0 Å². The first kappa shape index (κ1) is 47.0. The van der Waals surface area contributed by atoms with Gasteiger partial charge < -0.3 is 56.0 Å². The molecule has 0 spiro atoms. The van der Waals surface area contributed by atoms with Crippen molar-refractivity contribution in [3.63, 3.8) is 0 Å². The molecule has 0 aromatic carbocycles. The summed E-state index contributed by atoms with van der Waals surface area (Å²) in [5.74, 6) is -2.94. The summed E-state index contributed by atoms with van der Waals surface area (Å²) in [6, 6.07) is 0. The van der Waals surface area contributed by atoms with Gasteiger partial charge in [0, 0.05) is 30.7 Å². The van der Waals surface area contributed by atoms with E-state index in [-0.39, 0.29) is 42.2 Å². The van der Waals surface area contributed by atoms with Crippen molar-refractivity contribution in [3.05, 3.63) is 12.7 Å². The molecule has 26 nitrogen and oxygen atoms in total. The van der Waals surface area contributed by atoms with Gasteiger partial charge in [-0.3, -0.25) is 37.3 Å². The minimum absolute atomic E-state index is 0.0116. The molecule has 3 heterocycles. The van der Waals surface area contributed by atoms with Gasteiger partial charge in [-0.25, -0.2) is 28.6 Å². The van der Waals surface area contributed by atoms with Crippen molar-refractivity contribution in [2.45, 2.75) is 50.9 Å². The molecule has 2 aromatic rings. The molecule has 0 saturated carbocycles. The smallest absolute Gasteiger partial charge is 0.480 e. The molecule has 1 aliphatic rings. The number of hydrogen-bond acceptors (Lipinski definition) is 19. The number of nitrogens with zero attached hydrogens (tertiary/aromatic N) is 4. The van der Waals surface area contributed by atoms with Crippen molar-refractivity contribution in [3.8, 4) is 12.3 Å². The van der Waals surface area contributed by atoms with Gasteiger partial charge in [0.1, 0.15) is 36.3 Å². The van der Waals surface area contributed by atoms with Crippen LogP contribution in [0.3, 0.4) is 0 Å². The Bertz CT molecular complexity index is 1960. The van der Waals surface area contributed by atoms with Crippen LogP contribution in [0.15, 0.2) is 12.7 Å². The highest BCUT2D eigenvalue weighted by molar-refractivity contribution is 8.13. The number of aliphatic hydroxyl groups excluding tert-OH is 2. The van der Waals surface area contributed by atoms with E-state index in [0.717, 1.165) is 17.2 Å². The number of amides is 2. The highest BCUT2D eigenvalue weighted by Crippen LogP contribution is 2.61. The number of terminal acetylenes is 1. The van der Waals surface area contributed by atoms with Crippen LogP contribution in [0.5, 0.6) is 0 Å². The number of nitrogens with two attached hydrogens (primary N) is 1. The fraction of sp³-hybridized carbons (Fsp3) is 0.577. The van der Waals surface area contributed by atoms with Crippen molar-refractivity contribution in [2.75, 3.05) is 37.8 Å². The number of aliphatic carboxylic acids is 1. The lowest BCUT2D eigenvalue weighted by Gasteiger charge is -2.30. The number of hydrogen-bond donors (Lipinski definition) is 10. The number of nitrogen functional groups attached to an aromatic ring is 1. The minimum Gasteiger partial charge on any atom is -0.480 e. The third-order valence-corrected chi connectivity index (χ3v) is 11.4. The number of thioether (sulfide) groups is 1. The first-order chi connectivity index (χ1) is 25.9. The van der Waals surface area contributed by atoms with Gasteiger partial charge in [-0.05, 0) is 0 Å². The van der Waals surface area contributed by atoms with Crippen LogP contribution >= 0.6 is 35.2 Å². The number of aliphatic hydroxyl groups is 2. The summed E-state index contributed by atoms with van der Waals surface area (Å²) in [5.41, 5.74) is 4.16. The molecule has 312 valence electrons. The highest BCUT2D eigenvalue weighted by Gasteiger charge is 2.50. The van der Waals surface area contributed by atoms with E-state index in [0.29, 0.717) is 11.8 Å². The first-order valence-electron chi connectivity index (χ1n) is 15.6. The molecule has 8 atom stereocenters. The second kappa shape index (κ2) is 19.4. The van der Waals surface area contributed by atoms with E-state index < -0.39 is 102 Å². The molecule has 0 radical (unpaired) electrons. The molecule has 11 N–H and O–H groups in total. The molecular weight excluding hydrogens is 839 g/mol. The van der Waals surface area contributed by atoms with Gasteiger partial charge >= 0.3 is 29.4 Å². The van der Waals surface area contributed by atoms with Crippen LogP contribution in [0, 0.1) is 23.7 Å². The second-order valence-corrected chi connectivity index (χ2v) is 17.5. The van der Waals surface area contributed by atoms with Crippen LogP contribution in [0.4, 0.5) is 5.82 Å². The SMILES string of the molecule is C#CC(C(=O)O)C(=O)SCCNC(=O)CCNC(=O)[C@H](O)C(C)(C)COP(=O)(O)OP(=O)(O)OC[C@H]1O[C@@H](n2cnc3c(N)ncnc32)[C@H](O)[C@@H]1OP(=O)(O)O. The number of phosphoric acid groups is 3. The Morgan fingerprint density at radius 3 is 2.38 bits per heavy atom. The van der Waals surface area contributed by atoms with E-state index in [2.05, 4.69) is 34.4 Å². The first-order valence-corrected chi connectivity index (χ1v) is 21.1. The van der Waals surface area contributed by atoms with Gasteiger partial charge in [0.05, 0.1) is 19.5 Å². The zero-order chi connectivity index (χ0) is 42.2. The van der Waals surface area contributed by atoms with Crippen molar-refractivity contribution in [1.29, 1.82) is 0 Å². The number of carbonyl (C=O) groups excluding carboxylic acids is 3. The highest BCUT2D eigenvalue weighted by atomic mass is 32.2. The molecule has 1 fully saturated rings. The number of nitrogens with one attached hydrogen (secondary N) is 2. The van der Waals surface area contributed by atoms with Gasteiger partial charge in [-0.1, -0.05) is 31.5 Å². The molecule has 56 heavy (non-hydrogen) atoms. The lowest BCUT2D eigenvalue weighted by atomic mass is 9.87. The maximum atomic E-state index is 12.6. The number of carbonyl (C=O) groups is 4. The predicted molar refractivity (Wildman–Crippen MR) is 187 cm³/mol. The lowest BCUT2D eigenvalue weighted by Crippen LogP contribution is -2.46. The molecule has 1 aliphatic heterocycles. The predicted octanol–water partition coefficient (Wildman–Crippen LogP) is -2.00. The molecule has 1 saturated heterocycles. The van der Waals surface area contributed by atoms with Crippen molar-refractivity contribution < 1.29 is 90.4 Å². The van der Waals surface area contributed by atoms with E-state index in [1.807, 2.05) is 5.92 Å². The van der Waals surface area contributed by atoms with E-state index in [1.54, 1.807) is 0 Å². The van der Waals surface area contributed by atoms with E-state index in [4.69, 9.17) is 31.0 Å². The minimum atomic E-state index is -5.60. The average molecular weight is 878 g/mol. The molecule has 0 aliphatic carbocycles. The van der Waals surface area contributed by atoms with Crippen LogP contribution in [-0.4, -0.2) is 134 Å². The Hall–Kier alpha value is -3.41. The molecule has 30 heteroatoms. The number of anilines is 1. The van der Waals surface area contributed by atoms with Gasteiger partial charge in [0.25, 0.3) is 0 Å². The molecule has 2 amide bonds. The fourth-order valence-corrected chi connectivity index (χ4v) is 8.18. The van der Waals surface area contributed by atoms with Crippen LogP contribution in [-0.2, 0) is 55.5 Å². The van der Waals surface area contributed by atoms with Crippen LogP contribution in [0.1, 0.15) is 26.5 Å². The zero-order valence-corrected chi connectivity index (χ0v) is 32.6. The Kier molecular flexibility index (Phi) is 16.2. The summed E-state index contributed by atoms with van der Waals surface area (Å²) in [6.45, 7) is -0.00758. The standard InChI is InChI=1S/C26H38N7O19P3S/c1-4-13(24(38)39)25(40)56-8-7-28-15(34)5-6-29-22(37)19(36)26(2,3)10-49-55(46,47)52-54(44,45)48-9-14-18(51-53(41,42)43)17(35)23(50-14)33-12-32-16-20(27)30-11-31-21(16)33/h1,11-14,17-19,23,35-36H,5-10H2,2-3H3,(H,28,34)(H,29,37)(H,38,39)(H,44,45)(H,46,47)(H2,27,30,31)(H2,41,42,43)/t13?,14-,17-,18-,19+,23-/m1/s1. The Morgan fingerprint density at radius 1 is 1.09 bits per heavy atom. The third kappa shape index (κ3) is 13.3. The average Bonchev–Trinajstić information content (AvgIpc) is 3.64. The number of rotatable bonds is 21. The van der Waals surface area contributed by atoms with Gasteiger partial charge in [0.2, 0.25) is 16.9 Å². The molecule has 0 bridgehead atoms. The van der Waals surface area contributed by atoms with Crippen LogP contribution in [0.2, 0.25) is 0 Å². The Balaban J connectivity index is 1.50. The number of ether oxygens (including phenoxy) is 1. The van der Waals surface area contributed by atoms with E-state index in [9.17, 15) is 62.7 Å². The largest absolute Gasteiger partial charge is 0.481 e. The zero-order valence-electron chi connectivity index (χ0n) is 29.1. The fourth-order valence-electron chi connectivity index (χ4n) is 4.61. The number of aromatic nitrogens is 4. The lowest BCUT2D eigenvalue weighted by molar-refractivity contribution is -0.142. The van der Waals surface area contributed by atoms with Gasteiger partial charge in [-0.15, -0.1) is 6.42 Å². The Labute approximate surface area is 320 Å². The van der Waals surface area contributed by atoms with Crippen molar-refractivity contribution >= 4 is 75.1 Å². The summed E-state index contributed by atoms with van der Waals surface area (Å²) < 4.78 is 61.9. The summed E-state index contributed by atoms with van der Waals surface area (Å²) in [5, 5.41) is 34.1. The Morgan fingerprint density at radius 2 is 1.75 bits per heavy atom. The molecule has 3 rings (SSSR count). The summed E-state index contributed by atoms with van der Waals surface area (Å²) in [4.78, 5) is 98.0. The number of carboxylic acids is 1. The normalized spacial score (nSPS) is 22.0. The maximum Gasteiger partial charge on any atom is 0.481 e. The number of carboxylic acid groups (broad SMARTS) is 1. The molecular formula is C26H38N7O19P3S. The topological polar surface area (TPSA) is 401 Å². The second-order valence-electron chi connectivity index (χ2n) is 12.2. The van der Waals surface area contributed by atoms with Gasteiger partial charge in [0.15, 0.2) is 23.6 Å². The van der Waals surface area contributed by atoms with Crippen LogP contribution in [0.25, 0.3) is 11.2 Å². The third-order valence-electron chi connectivity index (χ3n) is 7.40. The maximum absolute atomic E-state index is 12.6. The monoisotopic (exact) mass is 877 g/mol. The van der Waals surface area contributed by atoms with Crippen molar-refractivity contribution in [1.82, 2.24) is 30.2 Å². The summed E-state index contributed by atoms with van der Waals surface area (Å²) in [6.07, 6.45) is -2.20. The summed E-state index contributed by atoms with van der Waals surface area (Å²) in [7, 11) is -16.5. The number of fused-ring (bicyclic) bond motifs is 1. The molecule has 2 aromatic heterocycles. The number of imidazole rings is 1. The van der Waals surface area contributed by atoms with E-state index in [1.165, 1.54) is 13.8 Å². The quantitative estimate of drug-likeness (QED) is 0.0280. The van der Waals surface area contributed by atoms with Gasteiger partial charge in [-0.2, -0.15) is 4.31 Å². The molecule has 3 unspecified atom stereocenters. The number of phosphoric ester groups is 3.